The Labute approximate surface area is 85.7 Å². The van der Waals surface area contributed by atoms with Gasteiger partial charge in [0.1, 0.15) is 5.82 Å². The Morgan fingerprint density at radius 2 is 2.14 bits per heavy atom. The summed E-state index contributed by atoms with van der Waals surface area (Å²) in [6.45, 7) is 2.27. The molecule has 1 unspecified atom stereocenters. The lowest BCUT2D eigenvalue weighted by Crippen LogP contribution is -2.24. The van der Waals surface area contributed by atoms with Crippen LogP contribution in [-0.2, 0) is 0 Å². The van der Waals surface area contributed by atoms with Crippen LogP contribution in [0.1, 0.15) is 32.6 Å². The Bertz CT molecular complexity index is 265. The minimum Gasteiger partial charge on any atom is -0.367 e. The van der Waals surface area contributed by atoms with Crippen LogP contribution in [0.3, 0.4) is 0 Å². The zero-order chi connectivity index (χ0) is 9.80. The number of hydrogen-bond donors (Lipinski definition) is 1. The van der Waals surface area contributed by atoms with E-state index in [-0.39, 0.29) is 0 Å². The van der Waals surface area contributed by atoms with Crippen molar-refractivity contribution in [3.05, 3.63) is 24.4 Å². The largest absolute Gasteiger partial charge is 0.367 e. The van der Waals surface area contributed by atoms with Gasteiger partial charge in [0.25, 0.3) is 0 Å². The van der Waals surface area contributed by atoms with E-state index >= 15 is 0 Å². The molecule has 0 radical (unpaired) electrons. The average molecular weight is 190 g/mol. The van der Waals surface area contributed by atoms with E-state index in [2.05, 4.69) is 17.2 Å². The summed E-state index contributed by atoms with van der Waals surface area (Å²) < 4.78 is 0. The smallest absolute Gasteiger partial charge is 0.126 e. The minimum atomic E-state index is 0.562. The van der Waals surface area contributed by atoms with Crippen LogP contribution >= 0.6 is 0 Å². The highest BCUT2D eigenvalue weighted by Crippen LogP contribution is 2.28. The summed E-state index contributed by atoms with van der Waals surface area (Å²) in [4.78, 5) is 4.28. The third-order valence-electron chi connectivity index (χ3n) is 3.15. The third kappa shape index (κ3) is 2.25. The monoisotopic (exact) mass is 190 g/mol. The fraction of sp³-hybridized carbons (Fsp3) is 0.583. The Morgan fingerprint density at radius 3 is 2.79 bits per heavy atom. The van der Waals surface area contributed by atoms with E-state index in [4.69, 9.17) is 0 Å². The van der Waals surface area contributed by atoms with Gasteiger partial charge in [0, 0.05) is 12.2 Å². The van der Waals surface area contributed by atoms with Crippen molar-refractivity contribution in [3.8, 4) is 0 Å². The zero-order valence-electron chi connectivity index (χ0n) is 8.74. The van der Waals surface area contributed by atoms with Gasteiger partial charge >= 0.3 is 0 Å². The highest BCUT2D eigenvalue weighted by Gasteiger charge is 2.21. The van der Waals surface area contributed by atoms with E-state index in [1.165, 1.54) is 25.7 Å². The molecule has 1 aliphatic carbocycles. The molecule has 1 aliphatic rings. The van der Waals surface area contributed by atoms with E-state index in [1.807, 2.05) is 24.4 Å². The second kappa shape index (κ2) is 4.45. The normalized spacial score (nSPS) is 19.5. The third-order valence-corrected chi connectivity index (χ3v) is 3.15. The first-order valence-corrected chi connectivity index (χ1v) is 5.54. The van der Waals surface area contributed by atoms with Gasteiger partial charge in [-0.05, 0) is 37.8 Å². The van der Waals surface area contributed by atoms with Gasteiger partial charge in [0.2, 0.25) is 0 Å². The molecule has 1 N–H and O–H groups in total. The van der Waals surface area contributed by atoms with Crippen LogP contribution in [0, 0.1) is 5.92 Å². The van der Waals surface area contributed by atoms with Gasteiger partial charge in [-0.3, -0.25) is 0 Å². The summed E-state index contributed by atoms with van der Waals surface area (Å²) >= 11 is 0. The van der Waals surface area contributed by atoms with E-state index in [9.17, 15) is 0 Å². The lowest BCUT2D eigenvalue weighted by Gasteiger charge is -2.20. The van der Waals surface area contributed by atoms with E-state index in [1.54, 1.807) is 0 Å². The molecule has 14 heavy (non-hydrogen) atoms. The number of nitrogens with one attached hydrogen (secondary N) is 1. The molecule has 0 aliphatic heterocycles. The molecule has 76 valence electrons. The Hall–Kier alpha value is -1.05. The molecule has 2 nitrogen and oxygen atoms in total. The first kappa shape index (κ1) is 9.50. The molecule has 0 bridgehead atoms. The van der Waals surface area contributed by atoms with Gasteiger partial charge in [-0.25, -0.2) is 4.98 Å². The first-order chi connectivity index (χ1) is 6.86. The summed E-state index contributed by atoms with van der Waals surface area (Å²) in [5.41, 5.74) is 0. The Balaban J connectivity index is 1.90. The summed E-state index contributed by atoms with van der Waals surface area (Å²) in [5, 5.41) is 3.47. The second-order valence-corrected chi connectivity index (χ2v) is 4.19. The van der Waals surface area contributed by atoms with Crippen LogP contribution in [0.2, 0.25) is 0 Å². The summed E-state index contributed by atoms with van der Waals surface area (Å²) in [6, 6.07) is 6.57. The Kier molecular flexibility index (Phi) is 3.02. The van der Waals surface area contributed by atoms with Crippen molar-refractivity contribution in [2.24, 2.45) is 5.92 Å². The molecule has 1 atom stereocenters. The summed E-state index contributed by atoms with van der Waals surface area (Å²) in [5.74, 6) is 1.85. The molecule has 1 fully saturated rings. The number of rotatable bonds is 3. The van der Waals surface area contributed by atoms with Gasteiger partial charge in [-0.2, -0.15) is 0 Å². The fourth-order valence-electron chi connectivity index (χ4n) is 2.26. The van der Waals surface area contributed by atoms with Crippen LogP contribution in [0.25, 0.3) is 0 Å². The van der Waals surface area contributed by atoms with Crippen LogP contribution in [-0.4, -0.2) is 11.0 Å². The van der Waals surface area contributed by atoms with E-state index < -0.39 is 0 Å². The van der Waals surface area contributed by atoms with Crippen molar-refractivity contribution in [2.75, 3.05) is 5.32 Å². The van der Waals surface area contributed by atoms with Crippen LogP contribution in [0.5, 0.6) is 0 Å². The SMILES string of the molecule is CC(Nc1ccccn1)C1CCCC1. The number of anilines is 1. The summed E-state index contributed by atoms with van der Waals surface area (Å²) in [7, 11) is 0. The van der Waals surface area contributed by atoms with Crippen LogP contribution in [0.4, 0.5) is 5.82 Å². The predicted octanol–water partition coefficient (Wildman–Crippen LogP) is 3.07. The standard InChI is InChI=1S/C12H18N2/c1-10(11-6-2-3-7-11)14-12-8-4-5-9-13-12/h4-5,8-11H,2-3,6-7H2,1H3,(H,13,14). The van der Waals surface area contributed by atoms with E-state index in [0.29, 0.717) is 6.04 Å². The second-order valence-electron chi connectivity index (χ2n) is 4.19. The van der Waals surface area contributed by atoms with Crippen LogP contribution in [0.15, 0.2) is 24.4 Å². The summed E-state index contributed by atoms with van der Waals surface area (Å²) in [6.07, 6.45) is 7.39. The van der Waals surface area contributed by atoms with Crippen molar-refractivity contribution in [1.82, 2.24) is 4.98 Å². The van der Waals surface area contributed by atoms with Gasteiger partial charge in [-0.15, -0.1) is 0 Å². The lowest BCUT2D eigenvalue weighted by atomic mass is 10.00. The maximum Gasteiger partial charge on any atom is 0.126 e. The molecule has 1 saturated carbocycles. The molecule has 1 heterocycles. The van der Waals surface area contributed by atoms with Crippen molar-refractivity contribution >= 4 is 5.82 Å². The molecule has 1 aromatic heterocycles. The Morgan fingerprint density at radius 1 is 1.36 bits per heavy atom. The number of pyridine rings is 1. The number of aromatic nitrogens is 1. The topological polar surface area (TPSA) is 24.9 Å². The van der Waals surface area contributed by atoms with Gasteiger partial charge in [0.05, 0.1) is 0 Å². The van der Waals surface area contributed by atoms with E-state index in [0.717, 1.165) is 11.7 Å². The van der Waals surface area contributed by atoms with Crippen LogP contribution < -0.4 is 5.32 Å². The predicted molar refractivity (Wildman–Crippen MR) is 59.3 cm³/mol. The fourth-order valence-corrected chi connectivity index (χ4v) is 2.26. The van der Waals surface area contributed by atoms with Gasteiger partial charge in [0.15, 0.2) is 0 Å². The molecule has 0 aromatic carbocycles. The lowest BCUT2D eigenvalue weighted by molar-refractivity contribution is 0.481. The molecule has 0 spiro atoms. The maximum atomic E-state index is 4.28. The first-order valence-electron chi connectivity index (χ1n) is 5.54. The molecule has 0 amide bonds. The van der Waals surface area contributed by atoms with Crippen molar-refractivity contribution in [2.45, 2.75) is 38.6 Å². The maximum absolute atomic E-state index is 4.28. The molecular weight excluding hydrogens is 172 g/mol. The molecule has 2 rings (SSSR count). The molecule has 0 saturated heterocycles. The number of hydrogen-bond acceptors (Lipinski definition) is 2. The zero-order valence-corrected chi connectivity index (χ0v) is 8.74. The highest BCUT2D eigenvalue weighted by molar-refractivity contribution is 5.34. The molecule has 1 aromatic rings. The highest BCUT2D eigenvalue weighted by atomic mass is 15.0. The average Bonchev–Trinajstić information content (AvgIpc) is 2.72. The van der Waals surface area contributed by atoms with Crippen molar-refractivity contribution in [1.29, 1.82) is 0 Å². The molecule has 2 heteroatoms. The number of nitrogens with zero attached hydrogens (tertiary/aromatic N) is 1. The van der Waals surface area contributed by atoms with Crippen molar-refractivity contribution < 1.29 is 0 Å². The van der Waals surface area contributed by atoms with Crippen molar-refractivity contribution in [3.63, 3.8) is 0 Å². The quantitative estimate of drug-likeness (QED) is 0.792. The molecular formula is C12H18N2. The van der Waals surface area contributed by atoms with Gasteiger partial charge in [-0.1, -0.05) is 18.9 Å². The minimum absolute atomic E-state index is 0.562. The van der Waals surface area contributed by atoms with Gasteiger partial charge < -0.3 is 5.32 Å².